The molecule has 0 fully saturated rings. The Morgan fingerprint density at radius 2 is 1.17 bits per heavy atom. The fourth-order valence-corrected chi connectivity index (χ4v) is 2.00. The third-order valence-corrected chi connectivity index (χ3v) is 3.43. The average Bonchev–Trinajstić information content (AvgIpc) is 2.74. The Bertz CT molecular complexity index is 921. The van der Waals surface area contributed by atoms with E-state index in [2.05, 4.69) is 9.47 Å². The largest absolute Gasteiger partial charge is 0.460 e. The van der Waals surface area contributed by atoms with E-state index < -0.39 is 28.4 Å². The number of nitrogens with two attached hydrogens (primary N) is 1. The average molecular weight is 416 g/mol. The number of benzene rings is 2. The first-order valence-corrected chi connectivity index (χ1v) is 8.74. The van der Waals surface area contributed by atoms with Gasteiger partial charge in [0.05, 0.1) is 18.1 Å². The lowest BCUT2D eigenvalue weighted by Gasteiger charge is -2.00. The molecule has 0 aromatic heterocycles. The second-order valence-electron chi connectivity index (χ2n) is 5.53. The standard InChI is InChI=1S/C10H9NO5.C10H11NO3/c1-2-16-10(13)9(12)7-3-5-8(6-4-7)11(14)15;1-2-14-10(13)9(12)7-3-5-8(11)6-4-7/h3-6H,2H2,1H3;3-6H,2,11H2,1H3. The summed E-state index contributed by atoms with van der Waals surface area (Å²) in [5.74, 6) is -3.25. The first-order valence-electron chi connectivity index (χ1n) is 8.74. The van der Waals surface area contributed by atoms with Gasteiger partial charge in [0.2, 0.25) is 0 Å². The number of ketones is 2. The van der Waals surface area contributed by atoms with Gasteiger partial charge >= 0.3 is 11.9 Å². The summed E-state index contributed by atoms with van der Waals surface area (Å²) in [4.78, 5) is 54.5. The van der Waals surface area contributed by atoms with Crippen molar-refractivity contribution in [2.24, 2.45) is 0 Å². The second-order valence-corrected chi connectivity index (χ2v) is 5.53. The molecule has 0 aliphatic heterocycles. The number of esters is 2. The highest BCUT2D eigenvalue weighted by molar-refractivity contribution is 6.41. The normalized spacial score (nSPS) is 9.53. The maximum absolute atomic E-state index is 11.4. The molecule has 30 heavy (non-hydrogen) atoms. The van der Waals surface area contributed by atoms with Crippen LogP contribution in [0.1, 0.15) is 34.6 Å². The zero-order chi connectivity index (χ0) is 22.7. The molecule has 0 heterocycles. The van der Waals surface area contributed by atoms with Crippen LogP contribution in [0.15, 0.2) is 48.5 Å². The minimum Gasteiger partial charge on any atom is -0.460 e. The molecule has 10 nitrogen and oxygen atoms in total. The van der Waals surface area contributed by atoms with E-state index >= 15 is 0 Å². The van der Waals surface area contributed by atoms with Crippen LogP contribution < -0.4 is 5.73 Å². The summed E-state index contributed by atoms with van der Waals surface area (Å²) in [6, 6.07) is 10.9. The number of hydrogen-bond acceptors (Lipinski definition) is 9. The first kappa shape index (κ1) is 24.0. The molecule has 2 aromatic carbocycles. The van der Waals surface area contributed by atoms with Gasteiger partial charge in [0.1, 0.15) is 0 Å². The summed E-state index contributed by atoms with van der Waals surface area (Å²) >= 11 is 0. The van der Waals surface area contributed by atoms with Crippen LogP contribution in [0.4, 0.5) is 11.4 Å². The molecule has 0 saturated carbocycles. The van der Waals surface area contributed by atoms with Crippen molar-refractivity contribution in [3.8, 4) is 0 Å². The predicted octanol–water partition coefficient (Wildman–Crippen LogP) is 2.36. The molecule has 0 radical (unpaired) electrons. The molecular weight excluding hydrogens is 396 g/mol. The number of nitro groups is 1. The van der Waals surface area contributed by atoms with Gasteiger partial charge in [-0.3, -0.25) is 19.7 Å². The molecule has 0 saturated heterocycles. The zero-order valence-corrected chi connectivity index (χ0v) is 16.3. The molecule has 2 aromatic rings. The SMILES string of the molecule is CCOC(=O)C(=O)c1ccc(N)cc1.CCOC(=O)C(=O)c1ccc([N+](=O)[O-])cc1. The summed E-state index contributed by atoms with van der Waals surface area (Å²) in [5.41, 5.74) is 6.20. The van der Waals surface area contributed by atoms with E-state index in [9.17, 15) is 29.3 Å². The van der Waals surface area contributed by atoms with Crippen molar-refractivity contribution in [2.75, 3.05) is 18.9 Å². The fourth-order valence-electron chi connectivity index (χ4n) is 2.00. The van der Waals surface area contributed by atoms with E-state index in [-0.39, 0.29) is 30.0 Å². The van der Waals surface area contributed by atoms with Gasteiger partial charge in [-0.05, 0) is 50.2 Å². The molecule has 2 N–H and O–H groups in total. The van der Waals surface area contributed by atoms with E-state index in [1.807, 2.05) is 0 Å². The van der Waals surface area contributed by atoms with Crippen LogP contribution >= 0.6 is 0 Å². The van der Waals surface area contributed by atoms with E-state index in [1.54, 1.807) is 26.0 Å². The number of ether oxygens (including phenoxy) is 2. The van der Waals surface area contributed by atoms with E-state index in [0.29, 0.717) is 5.69 Å². The fraction of sp³-hybridized carbons (Fsp3) is 0.200. The van der Waals surface area contributed by atoms with Gasteiger partial charge in [0, 0.05) is 28.9 Å². The molecule has 0 spiro atoms. The molecule has 0 unspecified atom stereocenters. The van der Waals surface area contributed by atoms with Crippen molar-refractivity contribution in [3.63, 3.8) is 0 Å². The van der Waals surface area contributed by atoms with Crippen LogP contribution in [0.2, 0.25) is 0 Å². The molecule has 0 aliphatic rings. The number of Topliss-reactive ketones (excluding diaryl/α,β-unsaturated/α-hetero) is 2. The number of hydrogen-bond donors (Lipinski definition) is 1. The van der Waals surface area contributed by atoms with Gasteiger partial charge in [-0.25, -0.2) is 9.59 Å². The minimum absolute atomic E-state index is 0.0732. The van der Waals surface area contributed by atoms with Crippen LogP contribution in [-0.2, 0) is 19.1 Å². The van der Waals surface area contributed by atoms with Gasteiger partial charge in [-0.2, -0.15) is 0 Å². The molecule has 0 amide bonds. The van der Waals surface area contributed by atoms with Crippen molar-refractivity contribution >= 4 is 34.9 Å². The lowest BCUT2D eigenvalue weighted by Crippen LogP contribution is -2.17. The maximum Gasteiger partial charge on any atom is 0.379 e. The molecule has 0 atom stereocenters. The lowest BCUT2D eigenvalue weighted by molar-refractivity contribution is -0.384. The summed E-state index contributed by atoms with van der Waals surface area (Å²) < 4.78 is 9.08. The highest BCUT2D eigenvalue weighted by atomic mass is 16.6. The highest BCUT2D eigenvalue weighted by Gasteiger charge is 2.18. The minimum atomic E-state index is -0.962. The van der Waals surface area contributed by atoms with Crippen LogP contribution in [0, 0.1) is 10.1 Å². The van der Waals surface area contributed by atoms with Crippen molar-refractivity contribution in [1.29, 1.82) is 0 Å². The number of carbonyl (C=O) groups is 4. The summed E-state index contributed by atoms with van der Waals surface area (Å²) in [7, 11) is 0. The number of nitrogen functional groups attached to an aromatic ring is 1. The quantitative estimate of drug-likeness (QED) is 0.179. The monoisotopic (exact) mass is 416 g/mol. The summed E-state index contributed by atoms with van der Waals surface area (Å²) in [5, 5.41) is 10.3. The molecule has 2 rings (SSSR count). The Balaban J connectivity index is 0.000000303. The van der Waals surface area contributed by atoms with Crippen LogP contribution in [-0.4, -0.2) is 41.6 Å². The third-order valence-electron chi connectivity index (χ3n) is 3.43. The number of nitrogens with zero attached hydrogens (tertiary/aromatic N) is 1. The molecule has 0 bridgehead atoms. The van der Waals surface area contributed by atoms with Gasteiger partial charge in [-0.1, -0.05) is 0 Å². The molecular formula is C20H20N2O8. The predicted molar refractivity (Wildman–Crippen MR) is 106 cm³/mol. The maximum atomic E-state index is 11.4. The van der Waals surface area contributed by atoms with Crippen molar-refractivity contribution in [3.05, 3.63) is 69.8 Å². The Kier molecular flexibility index (Phi) is 9.34. The topological polar surface area (TPSA) is 156 Å². The van der Waals surface area contributed by atoms with E-state index in [1.165, 1.54) is 24.3 Å². The van der Waals surface area contributed by atoms with Gasteiger partial charge in [-0.15, -0.1) is 0 Å². The summed E-state index contributed by atoms with van der Waals surface area (Å²) in [6.07, 6.45) is 0. The number of nitro benzene ring substituents is 1. The van der Waals surface area contributed by atoms with Crippen LogP contribution in [0.25, 0.3) is 0 Å². The second kappa shape index (κ2) is 11.7. The molecule has 10 heteroatoms. The van der Waals surface area contributed by atoms with Crippen molar-refractivity contribution in [2.45, 2.75) is 13.8 Å². The van der Waals surface area contributed by atoms with Crippen LogP contribution in [0.3, 0.4) is 0 Å². The van der Waals surface area contributed by atoms with E-state index in [4.69, 9.17) is 5.73 Å². The van der Waals surface area contributed by atoms with Crippen molar-refractivity contribution in [1.82, 2.24) is 0 Å². The van der Waals surface area contributed by atoms with Crippen molar-refractivity contribution < 1.29 is 33.6 Å². The lowest BCUT2D eigenvalue weighted by atomic mass is 10.1. The van der Waals surface area contributed by atoms with Gasteiger partial charge in [0.25, 0.3) is 17.3 Å². The number of rotatable bonds is 7. The Morgan fingerprint density at radius 1 is 0.800 bits per heavy atom. The highest BCUT2D eigenvalue weighted by Crippen LogP contribution is 2.12. The molecule has 0 aliphatic carbocycles. The number of carbonyl (C=O) groups excluding carboxylic acids is 4. The molecule has 158 valence electrons. The zero-order valence-electron chi connectivity index (χ0n) is 16.3. The van der Waals surface area contributed by atoms with Crippen LogP contribution in [0.5, 0.6) is 0 Å². The Morgan fingerprint density at radius 3 is 1.50 bits per heavy atom. The smallest absolute Gasteiger partial charge is 0.379 e. The summed E-state index contributed by atoms with van der Waals surface area (Å²) in [6.45, 7) is 3.53. The third kappa shape index (κ3) is 7.15. The van der Waals surface area contributed by atoms with Gasteiger partial charge < -0.3 is 15.2 Å². The number of non-ortho nitro benzene ring substituents is 1. The van der Waals surface area contributed by atoms with E-state index in [0.717, 1.165) is 12.1 Å². The number of anilines is 1. The van der Waals surface area contributed by atoms with Gasteiger partial charge in [0.15, 0.2) is 0 Å². The first-order chi connectivity index (χ1) is 14.2. The Hall–Kier alpha value is -4.08. The Labute approximate surface area is 171 Å².